The van der Waals surface area contributed by atoms with Crippen molar-refractivity contribution in [3.8, 4) is 0 Å². The van der Waals surface area contributed by atoms with Crippen molar-refractivity contribution in [2.45, 2.75) is 52.2 Å². The fraction of sp³-hybridized carbons (Fsp3) is 1.00. The predicted molar refractivity (Wildman–Crippen MR) is 92.5 cm³/mol. The van der Waals surface area contributed by atoms with Gasteiger partial charge in [-0.1, -0.05) is 20.8 Å². The molecule has 1 saturated heterocycles. The van der Waals surface area contributed by atoms with E-state index in [0.29, 0.717) is 30.6 Å². The molecule has 23 heavy (non-hydrogen) atoms. The third-order valence-corrected chi connectivity index (χ3v) is 5.22. The summed E-state index contributed by atoms with van der Waals surface area (Å²) in [5, 5.41) is 19.2. The van der Waals surface area contributed by atoms with E-state index in [2.05, 4.69) is 30.6 Å². The molecule has 0 bridgehead atoms. The maximum Gasteiger partial charge on any atom is 0.0900 e. The van der Waals surface area contributed by atoms with Crippen molar-refractivity contribution < 1.29 is 14.9 Å². The summed E-state index contributed by atoms with van der Waals surface area (Å²) in [5.74, 6) is 0.709. The lowest BCUT2D eigenvalue weighted by Crippen LogP contribution is -2.49. The Balaban J connectivity index is 1.64. The first-order valence-corrected chi connectivity index (χ1v) is 9.23. The van der Waals surface area contributed by atoms with Crippen molar-refractivity contribution in [2.75, 3.05) is 52.5 Å². The molecule has 0 amide bonds. The van der Waals surface area contributed by atoms with Gasteiger partial charge in [-0.25, -0.2) is 0 Å². The van der Waals surface area contributed by atoms with Crippen molar-refractivity contribution in [2.24, 2.45) is 11.3 Å². The van der Waals surface area contributed by atoms with E-state index in [9.17, 15) is 5.11 Å². The molecule has 1 aliphatic heterocycles. The van der Waals surface area contributed by atoms with Gasteiger partial charge in [-0.2, -0.15) is 0 Å². The van der Waals surface area contributed by atoms with Gasteiger partial charge in [0.1, 0.15) is 0 Å². The van der Waals surface area contributed by atoms with Crippen LogP contribution in [0.3, 0.4) is 0 Å². The average molecular weight is 328 g/mol. The fourth-order valence-electron chi connectivity index (χ4n) is 4.32. The van der Waals surface area contributed by atoms with E-state index >= 15 is 0 Å². The number of hydrogen-bond donors (Lipinski definition) is 2. The Kier molecular flexibility index (Phi) is 7.29. The normalized spacial score (nSPS) is 31.2. The summed E-state index contributed by atoms with van der Waals surface area (Å²) in [7, 11) is 0. The van der Waals surface area contributed by atoms with Crippen LogP contribution in [0.1, 0.15) is 40.0 Å². The summed E-state index contributed by atoms with van der Waals surface area (Å²) in [4.78, 5) is 4.57. The zero-order valence-corrected chi connectivity index (χ0v) is 15.2. The number of piperazine rings is 1. The molecule has 0 unspecified atom stereocenters. The van der Waals surface area contributed by atoms with E-state index in [1.807, 2.05) is 0 Å². The highest BCUT2D eigenvalue weighted by atomic mass is 16.5. The molecule has 0 aromatic carbocycles. The molecule has 2 fully saturated rings. The molecule has 0 aromatic heterocycles. The molecule has 1 saturated carbocycles. The van der Waals surface area contributed by atoms with Gasteiger partial charge >= 0.3 is 0 Å². The molecular weight excluding hydrogens is 292 g/mol. The third kappa shape index (κ3) is 6.67. The van der Waals surface area contributed by atoms with Crippen LogP contribution in [0.5, 0.6) is 0 Å². The van der Waals surface area contributed by atoms with Crippen LogP contribution in [0.4, 0.5) is 0 Å². The molecule has 1 heterocycles. The number of aliphatic hydroxyl groups is 2. The molecule has 3 atom stereocenters. The Labute approximate surface area is 141 Å². The van der Waals surface area contributed by atoms with Crippen molar-refractivity contribution >= 4 is 0 Å². The largest absolute Gasteiger partial charge is 0.395 e. The van der Waals surface area contributed by atoms with E-state index in [1.54, 1.807) is 0 Å². The van der Waals surface area contributed by atoms with Gasteiger partial charge in [-0.3, -0.25) is 9.80 Å². The number of ether oxygens (including phenoxy) is 1. The lowest BCUT2D eigenvalue weighted by atomic mass is 9.71. The van der Waals surface area contributed by atoms with Crippen LogP contribution in [-0.4, -0.2) is 84.7 Å². The molecule has 5 nitrogen and oxygen atoms in total. The van der Waals surface area contributed by atoms with Crippen molar-refractivity contribution in [3.05, 3.63) is 0 Å². The Hall–Kier alpha value is -0.200. The Morgan fingerprint density at radius 2 is 1.78 bits per heavy atom. The maximum atomic E-state index is 10.3. The molecule has 5 heteroatoms. The third-order valence-electron chi connectivity index (χ3n) is 5.22. The predicted octanol–water partition coefficient (Wildman–Crippen LogP) is 1.19. The van der Waals surface area contributed by atoms with Crippen LogP contribution < -0.4 is 0 Å². The van der Waals surface area contributed by atoms with Crippen LogP contribution in [0.15, 0.2) is 0 Å². The van der Waals surface area contributed by atoms with Gasteiger partial charge < -0.3 is 14.9 Å². The summed E-state index contributed by atoms with van der Waals surface area (Å²) in [6.45, 7) is 13.0. The second-order valence-corrected chi connectivity index (χ2v) is 8.39. The lowest BCUT2D eigenvalue weighted by Gasteiger charge is -2.39. The number of rotatable bonds is 7. The van der Waals surface area contributed by atoms with Crippen LogP contribution >= 0.6 is 0 Å². The molecule has 2 aliphatic rings. The van der Waals surface area contributed by atoms with E-state index in [4.69, 9.17) is 9.84 Å². The smallest absolute Gasteiger partial charge is 0.0900 e. The number of nitrogens with zero attached hydrogens (tertiary/aromatic N) is 2. The highest BCUT2D eigenvalue weighted by Crippen LogP contribution is 2.39. The van der Waals surface area contributed by atoms with Gasteiger partial charge in [0.2, 0.25) is 0 Å². The van der Waals surface area contributed by atoms with Crippen LogP contribution in [0.25, 0.3) is 0 Å². The van der Waals surface area contributed by atoms with Gasteiger partial charge in [-0.15, -0.1) is 0 Å². The standard InChI is InChI=1S/C18H36N2O3/c1-15-10-17(12-18(2,3)11-15)23-14-16(22)13-20-6-4-19(5-7-20)8-9-21/h15-17,21-22H,4-14H2,1-3H3/t15-,16+,17-/m1/s1. The topological polar surface area (TPSA) is 56.2 Å². The van der Waals surface area contributed by atoms with Crippen molar-refractivity contribution in [3.63, 3.8) is 0 Å². The molecule has 0 aromatic rings. The Bertz CT molecular complexity index is 343. The summed E-state index contributed by atoms with van der Waals surface area (Å²) in [6, 6.07) is 0. The lowest BCUT2D eigenvalue weighted by molar-refractivity contribution is -0.0634. The van der Waals surface area contributed by atoms with Gasteiger partial charge in [-0.05, 0) is 30.6 Å². The molecule has 0 spiro atoms. The monoisotopic (exact) mass is 328 g/mol. The summed E-state index contributed by atoms with van der Waals surface area (Å²) >= 11 is 0. The zero-order chi connectivity index (χ0) is 16.9. The fourth-order valence-corrected chi connectivity index (χ4v) is 4.32. The summed E-state index contributed by atoms with van der Waals surface area (Å²) in [6.07, 6.45) is 3.39. The van der Waals surface area contributed by atoms with Gasteiger partial charge in [0.15, 0.2) is 0 Å². The molecule has 1 aliphatic carbocycles. The second-order valence-electron chi connectivity index (χ2n) is 8.39. The minimum absolute atomic E-state index is 0.229. The molecule has 2 N–H and O–H groups in total. The zero-order valence-electron chi connectivity index (χ0n) is 15.2. The number of β-amino-alcohol motifs (C(OH)–C–C–N with tert-alkyl or cyclic N) is 2. The van der Waals surface area contributed by atoms with E-state index < -0.39 is 6.10 Å². The van der Waals surface area contributed by atoms with Gasteiger partial charge in [0.25, 0.3) is 0 Å². The first kappa shape index (κ1) is 19.1. The average Bonchev–Trinajstić information content (AvgIpc) is 2.45. The summed E-state index contributed by atoms with van der Waals surface area (Å²) in [5.41, 5.74) is 0.357. The van der Waals surface area contributed by atoms with Crippen LogP contribution in [0.2, 0.25) is 0 Å². The molecule has 2 rings (SSSR count). The van der Waals surface area contributed by atoms with Gasteiger partial charge in [0.05, 0.1) is 25.4 Å². The first-order chi connectivity index (χ1) is 10.9. The first-order valence-electron chi connectivity index (χ1n) is 9.23. The number of hydrogen-bond acceptors (Lipinski definition) is 5. The SMILES string of the molecule is C[C@@H]1C[C@@H](OC[C@@H](O)CN2CCN(CCO)CC2)CC(C)(C)C1. The Morgan fingerprint density at radius 3 is 2.39 bits per heavy atom. The van der Waals surface area contributed by atoms with E-state index in [0.717, 1.165) is 45.6 Å². The van der Waals surface area contributed by atoms with Crippen LogP contribution in [-0.2, 0) is 4.74 Å². The second kappa shape index (κ2) is 8.77. The minimum Gasteiger partial charge on any atom is -0.395 e. The van der Waals surface area contributed by atoms with Crippen molar-refractivity contribution in [1.82, 2.24) is 9.80 Å². The van der Waals surface area contributed by atoms with E-state index in [1.165, 1.54) is 6.42 Å². The number of aliphatic hydroxyl groups excluding tert-OH is 2. The van der Waals surface area contributed by atoms with Gasteiger partial charge in [0, 0.05) is 39.3 Å². The quantitative estimate of drug-likeness (QED) is 0.735. The van der Waals surface area contributed by atoms with E-state index in [-0.39, 0.29) is 6.61 Å². The molecule has 136 valence electrons. The highest BCUT2D eigenvalue weighted by molar-refractivity contribution is 4.83. The summed E-state index contributed by atoms with van der Waals surface area (Å²) < 4.78 is 6.03. The molecule has 0 radical (unpaired) electrons. The highest BCUT2D eigenvalue weighted by Gasteiger charge is 2.32. The minimum atomic E-state index is -0.403. The van der Waals surface area contributed by atoms with Crippen molar-refractivity contribution in [1.29, 1.82) is 0 Å². The van der Waals surface area contributed by atoms with Crippen LogP contribution in [0, 0.1) is 11.3 Å². The molecular formula is C18H36N2O3. The Morgan fingerprint density at radius 1 is 1.13 bits per heavy atom. The maximum absolute atomic E-state index is 10.3.